The third-order valence-electron chi connectivity index (χ3n) is 5.84. The highest BCUT2D eigenvalue weighted by molar-refractivity contribution is 6.04. The largest absolute Gasteiger partial charge is 0.307 e. The average molecular weight is 455 g/mol. The second-order valence-electron chi connectivity index (χ2n) is 8.29. The van der Waals surface area contributed by atoms with Crippen molar-refractivity contribution < 1.29 is 4.79 Å². The maximum absolute atomic E-state index is 12.9. The molecule has 0 saturated carbocycles. The highest BCUT2D eigenvalue weighted by Crippen LogP contribution is 2.25. The van der Waals surface area contributed by atoms with Gasteiger partial charge in [0.05, 0.1) is 5.69 Å². The van der Waals surface area contributed by atoms with Crippen molar-refractivity contribution in [3.05, 3.63) is 75.3 Å². The third kappa shape index (κ3) is 6.25. The number of hydrogen-bond acceptors (Lipinski definition) is 4. The van der Waals surface area contributed by atoms with Crippen molar-refractivity contribution in [3.63, 3.8) is 0 Å². The summed E-state index contributed by atoms with van der Waals surface area (Å²) in [7, 11) is 0. The van der Waals surface area contributed by atoms with Crippen LogP contribution < -0.4 is 15.8 Å². The van der Waals surface area contributed by atoms with Crippen LogP contribution in [0.1, 0.15) is 63.4 Å². The fourth-order valence-electron chi connectivity index (χ4n) is 3.64. The monoisotopic (exact) mass is 454 g/mol. The van der Waals surface area contributed by atoms with Gasteiger partial charge in [-0.15, -0.1) is 0 Å². The molecule has 3 rings (SSSR count). The average Bonchev–Trinajstić information content (AvgIpc) is 3.32. The standard InChI is InChI=1S/C29H34N4O/c1-6-10-25-19-32-28(33-29(34)24-11-12-27-23(16-24)13-14-30-27)17-26(25)15-21(8-3)22(9-4)18-31-20(5)7-2/h8-12,14-20H,6-7,13H2,1-5H3,(H,33,34)/b21-8+,22-9+,25-10+,26-15-,31-18?/t20-/m0/s1. The molecule has 5 nitrogen and oxygen atoms in total. The Labute approximate surface area is 202 Å². The summed E-state index contributed by atoms with van der Waals surface area (Å²) in [5, 5.41) is 4.99. The molecule has 0 saturated heterocycles. The van der Waals surface area contributed by atoms with Crippen LogP contribution in [0.5, 0.6) is 0 Å². The minimum atomic E-state index is -0.179. The number of rotatable bonds is 8. The molecule has 0 radical (unpaired) electrons. The van der Waals surface area contributed by atoms with Crippen LogP contribution in [-0.4, -0.2) is 29.4 Å². The van der Waals surface area contributed by atoms with Crippen LogP contribution >= 0.6 is 0 Å². The minimum absolute atomic E-state index is 0.179. The number of anilines is 1. The summed E-state index contributed by atoms with van der Waals surface area (Å²) >= 11 is 0. The summed E-state index contributed by atoms with van der Waals surface area (Å²) < 4.78 is 0. The van der Waals surface area contributed by atoms with Gasteiger partial charge in [0.1, 0.15) is 5.82 Å². The van der Waals surface area contributed by atoms with Crippen molar-refractivity contribution in [2.45, 2.75) is 59.9 Å². The van der Waals surface area contributed by atoms with E-state index in [-0.39, 0.29) is 11.9 Å². The molecule has 0 bridgehead atoms. The molecule has 176 valence electrons. The molecule has 0 aliphatic carbocycles. The van der Waals surface area contributed by atoms with Gasteiger partial charge >= 0.3 is 0 Å². The lowest BCUT2D eigenvalue weighted by molar-refractivity contribution is 0.102. The predicted molar refractivity (Wildman–Crippen MR) is 145 cm³/mol. The van der Waals surface area contributed by atoms with Crippen molar-refractivity contribution in [1.82, 2.24) is 4.98 Å². The zero-order valence-electron chi connectivity index (χ0n) is 20.8. The van der Waals surface area contributed by atoms with Crippen LogP contribution in [0.25, 0.3) is 12.2 Å². The normalized spacial score (nSPS) is 15.8. The van der Waals surface area contributed by atoms with Crippen LogP contribution in [0.15, 0.2) is 63.7 Å². The number of nitrogens with one attached hydrogen (secondary N) is 1. The van der Waals surface area contributed by atoms with Crippen LogP contribution in [-0.2, 0) is 6.42 Å². The molecule has 0 unspecified atom stereocenters. The van der Waals surface area contributed by atoms with Gasteiger partial charge in [-0.25, -0.2) is 4.98 Å². The number of hydrogen-bond donors (Lipinski definition) is 1. The van der Waals surface area contributed by atoms with Gasteiger partial charge in [0.25, 0.3) is 5.91 Å². The smallest absolute Gasteiger partial charge is 0.256 e. The highest BCUT2D eigenvalue weighted by Gasteiger charge is 2.12. The quantitative estimate of drug-likeness (QED) is 0.433. The lowest BCUT2D eigenvalue weighted by Crippen LogP contribution is -2.27. The van der Waals surface area contributed by atoms with E-state index in [9.17, 15) is 4.79 Å². The van der Waals surface area contributed by atoms with E-state index in [0.717, 1.165) is 52.1 Å². The van der Waals surface area contributed by atoms with E-state index >= 15 is 0 Å². The Bertz CT molecular complexity index is 1280. The molecule has 1 aromatic heterocycles. The molecule has 2 aromatic rings. The van der Waals surface area contributed by atoms with Gasteiger partial charge in [-0.3, -0.25) is 14.8 Å². The lowest BCUT2D eigenvalue weighted by Gasteiger charge is -2.08. The SMILES string of the molecule is C/C=C(C=N[C@@H](C)CC)/C(/C=c1/cc(NC(=O)c2ccc3c(c2)CC=N3)nc/c1=C\CC)=C/C. The summed E-state index contributed by atoms with van der Waals surface area (Å²) in [6.45, 7) is 10.4. The van der Waals surface area contributed by atoms with Gasteiger partial charge in [-0.05, 0) is 91.1 Å². The molecule has 1 N–H and O–H groups in total. The number of carbonyl (C=O) groups is 1. The number of pyridine rings is 1. The van der Waals surface area contributed by atoms with E-state index in [1.54, 1.807) is 6.07 Å². The van der Waals surface area contributed by atoms with Crippen molar-refractivity contribution in [1.29, 1.82) is 0 Å². The Morgan fingerprint density at radius 2 is 1.94 bits per heavy atom. The van der Waals surface area contributed by atoms with E-state index in [1.165, 1.54) is 0 Å². The molecular formula is C29H34N4O. The Kier molecular flexibility index (Phi) is 8.86. The number of aliphatic imine (C=N–C) groups is 2. The molecule has 5 heteroatoms. The first-order valence-corrected chi connectivity index (χ1v) is 12.0. The van der Waals surface area contributed by atoms with Crippen molar-refractivity contribution >= 4 is 42.0 Å². The van der Waals surface area contributed by atoms with E-state index in [4.69, 9.17) is 0 Å². The van der Waals surface area contributed by atoms with Crippen molar-refractivity contribution in [3.8, 4) is 0 Å². The molecular weight excluding hydrogens is 420 g/mol. The first-order chi connectivity index (χ1) is 16.5. The molecule has 1 aromatic carbocycles. The van der Waals surface area contributed by atoms with Crippen LogP contribution in [0.2, 0.25) is 0 Å². The highest BCUT2D eigenvalue weighted by atomic mass is 16.1. The third-order valence-corrected chi connectivity index (χ3v) is 5.84. The predicted octanol–water partition coefficient (Wildman–Crippen LogP) is 5.33. The van der Waals surface area contributed by atoms with Crippen molar-refractivity contribution in [2.24, 2.45) is 9.98 Å². The summed E-state index contributed by atoms with van der Waals surface area (Å²) in [5.74, 6) is 0.341. The molecule has 1 aliphatic rings. The van der Waals surface area contributed by atoms with Gasteiger partial charge in [0.2, 0.25) is 0 Å². The van der Waals surface area contributed by atoms with Gasteiger partial charge in [0.15, 0.2) is 0 Å². The van der Waals surface area contributed by atoms with E-state index in [2.05, 4.69) is 65.4 Å². The molecule has 34 heavy (non-hydrogen) atoms. The molecule has 2 heterocycles. The Hall–Kier alpha value is -3.60. The van der Waals surface area contributed by atoms with Gasteiger partial charge in [-0.1, -0.05) is 32.1 Å². The van der Waals surface area contributed by atoms with E-state index in [0.29, 0.717) is 11.4 Å². The van der Waals surface area contributed by atoms with Crippen molar-refractivity contribution in [2.75, 3.05) is 5.32 Å². The zero-order valence-corrected chi connectivity index (χ0v) is 20.8. The second kappa shape index (κ2) is 12.0. The topological polar surface area (TPSA) is 66.7 Å². The first kappa shape index (κ1) is 25.0. The number of aromatic nitrogens is 1. The van der Waals surface area contributed by atoms with Gasteiger partial charge in [0, 0.05) is 36.7 Å². The molecule has 0 spiro atoms. The second-order valence-corrected chi connectivity index (χ2v) is 8.29. The van der Waals surface area contributed by atoms with Gasteiger partial charge in [-0.2, -0.15) is 0 Å². The Morgan fingerprint density at radius 3 is 2.65 bits per heavy atom. The number of fused-ring (bicyclic) bond motifs is 1. The number of nitrogens with zero attached hydrogens (tertiary/aromatic N) is 3. The summed E-state index contributed by atoms with van der Waals surface area (Å²) in [6, 6.07) is 7.80. The Morgan fingerprint density at radius 1 is 1.15 bits per heavy atom. The number of amides is 1. The summed E-state index contributed by atoms with van der Waals surface area (Å²) in [4.78, 5) is 26.4. The molecule has 0 fully saturated rings. The fraction of sp³-hybridized carbons (Fsp3) is 0.310. The maximum Gasteiger partial charge on any atom is 0.256 e. The molecule has 1 amide bonds. The maximum atomic E-state index is 12.9. The zero-order chi connectivity index (χ0) is 24.5. The molecule has 1 aliphatic heterocycles. The number of benzene rings is 1. The van der Waals surface area contributed by atoms with Gasteiger partial charge < -0.3 is 5.32 Å². The fourth-order valence-corrected chi connectivity index (χ4v) is 3.64. The van der Waals surface area contributed by atoms with E-state index < -0.39 is 0 Å². The van der Waals surface area contributed by atoms with E-state index in [1.807, 2.05) is 50.7 Å². The van der Waals surface area contributed by atoms with Crippen LogP contribution in [0, 0.1) is 0 Å². The minimum Gasteiger partial charge on any atom is -0.307 e. The summed E-state index contributed by atoms with van der Waals surface area (Å²) in [5.41, 5.74) is 4.74. The van der Waals surface area contributed by atoms with Crippen LogP contribution in [0.4, 0.5) is 11.5 Å². The molecule has 1 atom stereocenters. The lowest BCUT2D eigenvalue weighted by atomic mass is 10.0. The number of allylic oxidation sites excluding steroid dienone is 4. The number of carbonyl (C=O) groups excluding carboxylic acids is 1. The Balaban J connectivity index is 1.94. The summed E-state index contributed by atoms with van der Waals surface area (Å²) in [6.07, 6.45) is 16.7. The first-order valence-electron chi connectivity index (χ1n) is 12.0. The van der Waals surface area contributed by atoms with Crippen LogP contribution in [0.3, 0.4) is 0 Å².